The number of carbonyl (C=O) groups is 1. The Morgan fingerprint density at radius 2 is 1.85 bits per heavy atom. The first-order chi connectivity index (χ1) is 16.5. The molecule has 0 saturated carbocycles. The van der Waals surface area contributed by atoms with Crippen molar-refractivity contribution >= 4 is 16.8 Å². The Morgan fingerprint density at radius 3 is 2.59 bits per heavy atom. The van der Waals surface area contributed by atoms with E-state index < -0.39 is 0 Å². The van der Waals surface area contributed by atoms with E-state index in [0.29, 0.717) is 25.6 Å². The number of carbonyl (C=O) groups excluding carboxylic acids is 1. The van der Waals surface area contributed by atoms with Crippen molar-refractivity contribution in [3.8, 4) is 5.75 Å². The zero-order valence-electron chi connectivity index (χ0n) is 20.5. The Balaban J connectivity index is 1.46. The summed E-state index contributed by atoms with van der Waals surface area (Å²) >= 11 is 0. The molecule has 34 heavy (non-hydrogen) atoms. The topological polar surface area (TPSA) is 57.7 Å². The van der Waals surface area contributed by atoms with Crippen LogP contribution in [0.3, 0.4) is 0 Å². The van der Waals surface area contributed by atoms with Crippen molar-refractivity contribution in [1.29, 1.82) is 0 Å². The Hall–Kier alpha value is -3.12. The number of urea groups is 1. The average molecular weight is 461 g/mol. The lowest BCUT2D eigenvalue weighted by Gasteiger charge is -2.37. The number of likely N-dealkylation sites (tertiary alicyclic amines) is 1. The van der Waals surface area contributed by atoms with Crippen LogP contribution in [0.5, 0.6) is 5.75 Å². The molecule has 2 heterocycles. The zero-order chi connectivity index (χ0) is 23.9. The molecule has 180 valence electrons. The summed E-state index contributed by atoms with van der Waals surface area (Å²) in [6.07, 6.45) is 3.78. The summed E-state index contributed by atoms with van der Waals surface area (Å²) in [6, 6.07) is 18.4. The van der Waals surface area contributed by atoms with Gasteiger partial charge in [0.15, 0.2) is 0 Å². The summed E-state index contributed by atoms with van der Waals surface area (Å²) < 4.78 is 5.77. The molecule has 1 N–H and O–H groups in total. The van der Waals surface area contributed by atoms with E-state index in [1.165, 1.54) is 0 Å². The number of benzene rings is 2. The number of pyridine rings is 1. The van der Waals surface area contributed by atoms with Gasteiger partial charge in [-0.1, -0.05) is 50.2 Å². The van der Waals surface area contributed by atoms with Gasteiger partial charge in [0.2, 0.25) is 0 Å². The molecule has 1 aromatic heterocycles. The molecule has 0 bridgehead atoms. The Kier molecular flexibility index (Phi) is 8.01. The molecule has 2 aromatic carbocycles. The van der Waals surface area contributed by atoms with Crippen LogP contribution in [0.25, 0.3) is 10.8 Å². The van der Waals surface area contributed by atoms with Crippen LogP contribution in [0.4, 0.5) is 4.79 Å². The van der Waals surface area contributed by atoms with E-state index in [2.05, 4.69) is 48.2 Å². The van der Waals surface area contributed by atoms with Gasteiger partial charge in [-0.25, -0.2) is 4.79 Å². The van der Waals surface area contributed by atoms with E-state index in [-0.39, 0.29) is 12.1 Å². The Bertz CT molecular complexity index is 1070. The fourth-order valence-corrected chi connectivity index (χ4v) is 4.39. The highest BCUT2D eigenvalue weighted by Crippen LogP contribution is 2.22. The number of rotatable bonds is 8. The number of hydrogen-bond acceptors (Lipinski definition) is 4. The third kappa shape index (κ3) is 6.26. The van der Waals surface area contributed by atoms with Crippen LogP contribution in [0.1, 0.15) is 37.9 Å². The third-order valence-electron chi connectivity index (χ3n) is 6.42. The normalized spacial score (nSPS) is 14.9. The van der Waals surface area contributed by atoms with E-state index >= 15 is 0 Å². The van der Waals surface area contributed by atoms with Crippen molar-refractivity contribution in [2.75, 3.05) is 26.7 Å². The maximum Gasteiger partial charge on any atom is 0.318 e. The lowest BCUT2D eigenvalue weighted by molar-refractivity contribution is 0.126. The van der Waals surface area contributed by atoms with Crippen molar-refractivity contribution in [1.82, 2.24) is 20.1 Å². The van der Waals surface area contributed by atoms with Crippen molar-refractivity contribution in [2.45, 2.75) is 45.8 Å². The summed E-state index contributed by atoms with van der Waals surface area (Å²) in [7, 11) is 2.14. The number of hydrogen-bond donors (Lipinski definition) is 1. The molecule has 4 rings (SSSR count). The number of amides is 2. The van der Waals surface area contributed by atoms with Crippen molar-refractivity contribution in [3.63, 3.8) is 0 Å². The van der Waals surface area contributed by atoms with Crippen molar-refractivity contribution in [3.05, 3.63) is 72.1 Å². The first-order valence-corrected chi connectivity index (χ1v) is 12.3. The molecule has 3 aromatic rings. The summed E-state index contributed by atoms with van der Waals surface area (Å²) in [5.41, 5.74) is 2.00. The predicted molar refractivity (Wildman–Crippen MR) is 137 cm³/mol. The molecule has 0 spiro atoms. The summed E-state index contributed by atoms with van der Waals surface area (Å²) in [6.45, 7) is 7.94. The molecular weight excluding hydrogens is 424 g/mol. The van der Waals surface area contributed by atoms with Gasteiger partial charge in [0, 0.05) is 24.2 Å². The van der Waals surface area contributed by atoms with Crippen LogP contribution < -0.4 is 10.1 Å². The van der Waals surface area contributed by atoms with E-state index in [0.717, 1.165) is 53.7 Å². The average Bonchev–Trinajstić information content (AvgIpc) is 2.86. The van der Waals surface area contributed by atoms with Gasteiger partial charge in [-0.2, -0.15) is 0 Å². The number of ether oxygens (including phenoxy) is 1. The molecule has 0 aliphatic carbocycles. The molecule has 0 atom stereocenters. The van der Waals surface area contributed by atoms with Crippen LogP contribution in [-0.2, 0) is 13.1 Å². The highest BCUT2D eigenvalue weighted by Gasteiger charge is 2.27. The maximum absolute atomic E-state index is 13.4. The molecule has 1 fully saturated rings. The predicted octanol–water partition coefficient (Wildman–Crippen LogP) is 5.08. The number of nitrogens with zero attached hydrogens (tertiary/aromatic N) is 3. The summed E-state index contributed by atoms with van der Waals surface area (Å²) in [5.74, 6) is 1.35. The van der Waals surface area contributed by atoms with Gasteiger partial charge < -0.3 is 19.9 Å². The maximum atomic E-state index is 13.4. The second-order valence-corrected chi connectivity index (χ2v) is 9.65. The number of piperidine rings is 1. The van der Waals surface area contributed by atoms with Gasteiger partial charge in [-0.3, -0.25) is 4.98 Å². The highest BCUT2D eigenvalue weighted by molar-refractivity contribution is 5.84. The second-order valence-electron chi connectivity index (χ2n) is 9.65. The number of aromatic nitrogens is 1. The summed E-state index contributed by atoms with van der Waals surface area (Å²) in [5, 5.41) is 5.40. The van der Waals surface area contributed by atoms with Crippen LogP contribution in [0, 0.1) is 5.92 Å². The van der Waals surface area contributed by atoms with Crippen LogP contribution in [0.15, 0.2) is 60.8 Å². The van der Waals surface area contributed by atoms with Gasteiger partial charge in [-0.05, 0) is 68.0 Å². The lowest BCUT2D eigenvalue weighted by atomic mass is 10.0. The quantitative estimate of drug-likeness (QED) is 0.510. The van der Waals surface area contributed by atoms with Crippen LogP contribution in [0.2, 0.25) is 0 Å². The van der Waals surface area contributed by atoms with Crippen molar-refractivity contribution < 1.29 is 9.53 Å². The van der Waals surface area contributed by atoms with Gasteiger partial charge in [-0.15, -0.1) is 0 Å². The molecule has 1 aliphatic heterocycles. The van der Waals surface area contributed by atoms with Gasteiger partial charge in [0.25, 0.3) is 0 Å². The van der Waals surface area contributed by atoms with E-state index in [4.69, 9.17) is 4.74 Å². The third-order valence-corrected chi connectivity index (χ3v) is 6.42. The fraction of sp³-hybridized carbons (Fsp3) is 0.429. The minimum Gasteiger partial charge on any atom is -0.493 e. The first-order valence-electron chi connectivity index (χ1n) is 12.3. The lowest BCUT2D eigenvalue weighted by Crippen LogP contribution is -2.49. The largest absolute Gasteiger partial charge is 0.493 e. The minimum atomic E-state index is -0.0376. The molecule has 0 unspecified atom stereocenters. The molecule has 2 amide bonds. The minimum absolute atomic E-state index is 0.0376. The number of fused-ring (bicyclic) bond motifs is 1. The van der Waals surface area contributed by atoms with E-state index in [1.54, 1.807) is 0 Å². The van der Waals surface area contributed by atoms with E-state index in [9.17, 15) is 4.79 Å². The highest BCUT2D eigenvalue weighted by atomic mass is 16.5. The van der Waals surface area contributed by atoms with Crippen LogP contribution >= 0.6 is 0 Å². The van der Waals surface area contributed by atoms with Crippen molar-refractivity contribution in [2.24, 2.45) is 5.92 Å². The summed E-state index contributed by atoms with van der Waals surface area (Å²) in [4.78, 5) is 22.4. The van der Waals surface area contributed by atoms with Crippen LogP contribution in [-0.4, -0.2) is 53.6 Å². The molecule has 6 nitrogen and oxygen atoms in total. The Labute approximate surface area is 202 Å². The molecule has 6 heteroatoms. The monoisotopic (exact) mass is 460 g/mol. The smallest absolute Gasteiger partial charge is 0.318 e. The van der Waals surface area contributed by atoms with E-state index in [1.807, 2.05) is 53.6 Å². The molecular formula is C28H36N4O2. The van der Waals surface area contributed by atoms with Gasteiger partial charge >= 0.3 is 6.03 Å². The van der Waals surface area contributed by atoms with Gasteiger partial charge in [0.1, 0.15) is 5.75 Å². The van der Waals surface area contributed by atoms with Gasteiger partial charge in [0.05, 0.1) is 18.8 Å². The molecule has 0 radical (unpaired) electrons. The SMILES string of the molecule is CC(C)COc1ccc(CNC(=O)N(Cc2nccc3ccccc23)C2CCN(C)CC2)cc1. The standard InChI is InChI=1S/C28H36N4O2/c1-21(2)20-34-25-10-8-22(9-11-25)18-30-28(33)32(24-13-16-31(3)17-14-24)19-27-26-7-5-4-6-23(26)12-15-29-27/h4-12,15,21,24H,13-14,16-20H2,1-3H3,(H,30,33). The first kappa shape index (κ1) is 24.0. The molecule has 1 saturated heterocycles. The second kappa shape index (κ2) is 11.3. The number of nitrogens with one attached hydrogen (secondary N) is 1. The molecule has 1 aliphatic rings. The fourth-order valence-electron chi connectivity index (χ4n) is 4.39. The zero-order valence-corrected chi connectivity index (χ0v) is 20.5. The Morgan fingerprint density at radius 1 is 1.12 bits per heavy atom.